The maximum absolute atomic E-state index is 12.4. The third-order valence-corrected chi connectivity index (χ3v) is 4.47. The first-order chi connectivity index (χ1) is 11.6. The van der Waals surface area contributed by atoms with E-state index in [2.05, 4.69) is 22.4 Å². The molecule has 1 aromatic heterocycles. The number of carbonyl (C=O) groups is 1. The molecule has 3 rings (SSSR count). The van der Waals surface area contributed by atoms with Crippen LogP contribution in [0.2, 0.25) is 0 Å². The van der Waals surface area contributed by atoms with E-state index in [0.29, 0.717) is 23.6 Å². The Labute approximate surface area is 145 Å². The molecule has 0 saturated heterocycles. The van der Waals surface area contributed by atoms with Crippen molar-refractivity contribution in [1.29, 1.82) is 0 Å². The number of benzene rings is 2. The summed E-state index contributed by atoms with van der Waals surface area (Å²) < 4.78 is 5.67. The smallest absolute Gasteiger partial charge is 0.251 e. The predicted octanol–water partition coefficient (Wildman–Crippen LogP) is 4.60. The standard InChI is InChI=1S/C19H20N2O2S/c1-12(2)19-21-16-10-14(7-8-17(16)23-19)18(22)20-11-13-5-4-6-15(9-13)24-3/h4-10,12H,11H2,1-3H3,(H,20,22). The fourth-order valence-corrected chi connectivity index (χ4v) is 2.88. The minimum atomic E-state index is -0.111. The molecule has 0 bridgehead atoms. The first-order valence-corrected chi connectivity index (χ1v) is 9.11. The number of fused-ring (bicyclic) bond motifs is 1. The molecule has 0 atom stereocenters. The van der Waals surface area contributed by atoms with Gasteiger partial charge in [0.05, 0.1) is 0 Å². The normalized spacial score (nSPS) is 11.2. The van der Waals surface area contributed by atoms with Crippen LogP contribution in [0.25, 0.3) is 11.1 Å². The average molecular weight is 340 g/mol. The van der Waals surface area contributed by atoms with E-state index in [-0.39, 0.29) is 11.8 Å². The van der Waals surface area contributed by atoms with Crippen molar-refractivity contribution in [2.24, 2.45) is 0 Å². The highest BCUT2D eigenvalue weighted by atomic mass is 32.2. The van der Waals surface area contributed by atoms with Gasteiger partial charge in [-0.15, -0.1) is 11.8 Å². The zero-order chi connectivity index (χ0) is 17.1. The van der Waals surface area contributed by atoms with Crippen LogP contribution in [0, 0.1) is 0 Å². The number of amides is 1. The molecule has 0 spiro atoms. The molecule has 24 heavy (non-hydrogen) atoms. The van der Waals surface area contributed by atoms with E-state index in [4.69, 9.17) is 4.42 Å². The van der Waals surface area contributed by atoms with Gasteiger partial charge in [0.2, 0.25) is 0 Å². The molecular formula is C19H20N2O2S. The molecule has 1 amide bonds. The summed E-state index contributed by atoms with van der Waals surface area (Å²) in [5.74, 6) is 0.801. The number of nitrogens with one attached hydrogen (secondary N) is 1. The van der Waals surface area contributed by atoms with Crippen molar-refractivity contribution in [3.05, 3.63) is 59.5 Å². The van der Waals surface area contributed by atoms with Crippen LogP contribution in [0.5, 0.6) is 0 Å². The lowest BCUT2D eigenvalue weighted by Gasteiger charge is -2.06. The molecule has 124 valence electrons. The predicted molar refractivity (Wildman–Crippen MR) is 97.5 cm³/mol. The Morgan fingerprint density at radius 3 is 2.83 bits per heavy atom. The van der Waals surface area contributed by atoms with E-state index in [0.717, 1.165) is 11.1 Å². The van der Waals surface area contributed by atoms with E-state index in [1.165, 1.54) is 4.90 Å². The Hall–Kier alpha value is -2.27. The van der Waals surface area contributed by atoms with Crippen LogP contribution in [-0.2, 0) is 6.54 Å². The minimum Gasteiger partial charge on any atom is -0.440 e. The molecule has 1 N–H and O–H groups in total. The highest BCUT2D eigenvalue weighted by Gasteiger charge is 2.12. The quantitative estimate of drug-likeness (QED) is 0.690. The molecule has 0 aliphatic rings. The summed E-state index contributed by atoms with van der Waals surface area (Å²) in [4.78, 5) is 18.0. The van der Waals surface area contributed by atoms with Gasteiger partial charge in [-0.2, -0.15) is 0 Å². The minimum absolute atomic E-state index is 0.111. The van der Waals surface area contributed by atoms with Gasteiger partial charge in [-0.05, 0) is 42.2 Å². The SMILES string of the molecule is CSc1cccc(CNC(=O)c2ccc3oc(C(C)C)nc3c2)c1. The van der Waals surface area contributed by atoms with Crippen molar-refractivity contribution < 1.29 is 9.21 Å². The van der Waals surface area contributed by atoms with E-state index >= 15 is 0 Å². The van der Waals surface area contributed by atoms with E-state index < -0.39 is 0 Å². The molecule has 0 aliphatic heterocycles. The van der Waals surface area contributed by atoms with Gasteiger partial charge in [-0.1, -0.05) is 26.0 Å². The molecule has 0 aliphatic carbocycles. The first-order valence-electron chi connectivity index (χ1n) is 7.88. The molecule has 3 aromatic rings. The van der Waals surface area contributed by atoms with Gasteiger partial charge >= 0.3 is 0 Å². The summed E-state index contributed by atoms with van der Waals surface area (Å²) in [6.45, 7) is 4.56. The first kappa shape index (κ1) is 16.6. The Balaban J connectivity index is 1.73. The number of aromatic nitrogens is 1. The summed E-state index contributed by atoms with van der Waals surface area (Å²) in [7, 11) is 0. The van der Waals surface area contributed by atoms with Gasteiger partial charge in [-0.25, -0.2) is 4.98 Å². The lowest BCUT2D eigenvalue weighted by Crippen LogP contribution is -2.22. The van der Waals surface area contributed by atoms with Crippen LogP contribution in [-0.4, -0.2) is 17.1 Å². The largest absolute Gasteiger partial charge is 0.440 e. The number of hydrogen-bond donors (Lipinski definition) is 1. The zero-order valence-corrected chi connectivity index (χ0v) is 14.8. The van der Waals surface area contributed by atoms with Crippen molar-refractivity contribution >= 4 is 28.8 Å². The molecule has 1 heterocycles. The van der Waals surface area contributed by atoms with Gasteiger partial charge < -0.3 is 9.73 Å². The highest BCUT2D eigenvalue weighted by Crippen LogP contribution is 2.22. The van der Waals surface area contributed by atoms with Crippen LogP contribution < -0.4 is 5.32 Å². The fraction of sp³-hybridized carbons (Fsp3) is 0.263. The lowest BCUT2D eigenvalue weighted by atomic mass is 10.1. The molecule has 2 aromatic carbocycles. The van der Waals surface area contributed by atoms with Gasteiger partial charge in [0.25, 0.3) is 5.91 Å². The third-order valence-electron chi connectivity index (χ3n) is 3.75. The van der Waals surface area contributed by atoms with Crippen molar-refractivity contribution in [3.8, 4) is 0 Å². The fourth-order valence-electron chi connectivity index (χ4n) is 2.40. The number of hydrogen-bond acceptors (Lipinski definition) is 4. The van der Waals surface area contributed by atoms with E-state index in [1.54, 1.807) is 30.0 Å². The lowest BCUT2D eigenvalue weighted by molar-refractivity contribution is 0.0951. The Morgan fingerprint density at radius 1 is 1.25 bits per heavy atom. The maximum atomic E-state index is 12.4. The molecule has 5 heteroatoms. The second-order valence-corrected chi connectivity index (χ2v) is 6.80. The van der Waals surface area contributed by atoms with Gasteiger partial charge in [0.15, 0.2) is 11.5 Å². The molecule has 0 unspecified atom stereocenters. The van der Waals surface area contributed by atoms with Crippen molar-refractivity contribution in [3.63, 3.8) is 0 Å². The van der Waals surface area contributed by atoms with Crippen LogP contribution in [0.3, 0.4) is 0 Å². The summed E-state index contributed by atoms with van der Waals surface area (Å²) in [6.07, 6.45) is 2.04. The molecule has 0 radical (unpaired) electrons. The summed E-state index contributed by atoms with van der Waals surface area (Å²) >= 11 is 1.69. The topological polar surface area (TPSA) is 55.1 Å². The number of nitrogens with zero attached hydrogens (tertiary/aromatic N) is 1. The Bertz CT molecular complexity index is 871. The van der Waals surface area contributed by atoms with Gasteiger partial charge in [-0.3, -0.25) is 4.79 Å². The Kier molecular flexibility index (Phi) is 4.90. The third kappa shape index (κ3) is 3.62. The second kappa shape index (κ2) is 7.09. The van der Waals surface area contributed by atoms with E-state index in [1.807, 2.05) is 32.2 Å². The average Bonchev–Trinajstić information content (AvgIpc) is 3.03. The van der Waals surface area contributed by atoms with Crippen LogP contribution >= 0.6 is 11.8 Å². The van der Waals surface area contributed by atoms with Crippen molar-refractivity contribution in [2.75, 3.05) is 6.26 Å². The molecule has 4 nitrogen and oxygen atoms in total. The second-order valence-electron chi connectivity index (χ2n) is 5.92. The Morgan fingerprint density at radius 2 is 2.08 bits per heavy atom. The van der Waals surface area contributed by atoms with E-state index in [9.17, 15) is 4.79 Å². The van der Waals surface area contributed by atoms with Gasteiger partial charge in [0, 0.05) is 22.9 Å². The summed E-state index contributed by atoms with van der Waals surface area (Å²) in [5, 5.41) is 2.95. The van der Waals surface area contributed by atoms with Crippen LogP contribution in [0.1, 0.15) is 41.6 Å². The maximum Gasteiger partial charge on any atom is 0.251 e. The zero-order valence-electron chi connectivity index (χ0n) is 14.0. The molecule has 0 saturated carbocycles. The number of oxazole rings is 1. The van der Waals surface area contributed by atoms with Gasteiger partial charge in [0.1, 0.15) is 5.52 Å². The van der Waals surface area contributed by atoms with Crippen LogP contribution in [0.15, 0.2) is 51.8 Å². The number of thioether (sulfide) groups is 1. The van der Waals surface area contributed by atoms with Crippen LogP contribution in [0.4, 0.5) is 0 Å². The molecule has 0 fully saturated rings. The summed E-state index contributed by atoms with van der Waals surface area (Å²) in [6, 6.07) is 13.5. The monoisotopic (exact) mass is 340 g/mol. The summed E-state index contributed by atoms with van der Waals surface area (Å²) in [5.41, 5.74) is 3.10. The number of rotatable bonds is 5. The number of carbonyl (C=O) groups excluding carboxylic acids is 1. The van der Waals surface area contributed by atoms with Crippen molar-refractivity contribution in [2.45, 2.75) is 31.2 Å². The molecular weight excluding hydrogens is 320 g/mol. The van der Waals surface area contributed by atoms with Crippen molar-refractivity contribution in [1.82, 2.24) is 10.3 Å². The highest BCUT2D eigenvalue weighted by molar-refractivity contribution is 7.98.